The molecule has 1 saturated heterocycles. The summed E-state index contributed by atoms with van der Waals surface area (Å²) in [5.74, 6) is 0. The molecule has 0 unspecified atom stereocenters. The molecule has 3 rings (SSSR count). The van der Waals surface area contributed by atoms with Crippen molar-refractivity contribution in [3.63, 3.8) is 0 Å². The monoisotopic (exact) mass is 498 g/mol. The molecule has 1 amide bonds. The van der Waals surface area contributed by atoms with Crippen molar-refractivity contribution >= 4 is 25.5 Å². The Kier molecular flexibility index (Phi) is 8.47. The van der Waals surface area contributed by atoms with Crippen molar-refractivity contribution in [3.8, 4) is 0 Å². The molecule has 2 aromatic rings. The van der Waals surface area contributed by atoms with Crippen LogP contribution in [0.25, 0.3) is 0 Å². The number of carbonyl (C=O) groups excluding carboxylic acids is 1. The highest BCUT2D eigenvalue weighted by Gasteiger charge is 2.36. The minimum atomic E-state index is -1.54. The van der Waals surface area contributed by atoms with Crippen molar-refractivity contribution in [2.75, 3.05) is 26.3 Å². The van der Waals surface area contributed by atoms with Crippen molar-refractivity contribution in [2.24, 2.45) is 0 Å². The topological polar surface area (TPSA) is 68.2 Å². The van der Waals surface area contributed by atoms with E-state index in [0.717, 1.165) is 10.4 Å². The molecule has 191 valence electrons. The fourth-order valence-electron chi connectivity index (χ4n) is 3.90. The average molecular weight is 499 g/mol. The molecule has 35 heavy (non-hydrogen) atoms. The number of rotatable bonds is 5. The quantitative estimate of drug-likeness (QED) is 0.639. The Morgan fingerprint density at radius 3 is 2.23 bits per heavy atom. The fraction of sp³-hybridized carbons (Fsp3) is 0.536. The first-order chi connectivity index (χ1) is 16.2. The van der Waals surface area contributed by atoms with Gasteiger partial charge in [-0.05, 0) is 49.0 Å². The van der Waals surface area contributed by atoms with Crippen LogP contribution >= 0.6 is 0 Å². The molecule has 0 aliphatic carbocycles. The lowest BCUT2D eigenvalue weighted by Crippen LogP contribution is -2.48. The molecule has 2 aromatic carbocycles. The number of carbonyl (C=O) groups is 1. The van der Waals surface area contributed by atoms with Gasteiger partial charge in [0, 0.05) is 0 Å². The minimum absolute atomic E-state index is 0.0787. The van der Waals surface area contributed by atoms with Crippen LogP contribution in [0.4, 0.5) is 4.79 Å². The normalized spacial score (nSPS) is 21.6. The number of β-amino-alcohol motifs (C(OH)–C–C–N with tert-alkyl or cyclic N) is 1. The molecule has 6 nitrogen and oxygen atoms in total. The number of amides is 1. The van der Waals surface area contributed by atoms with Crippen LogP contribution in [0, 0.1) is 0 Å². The van der Waals surface area contributed by atoms with E-state index in [2.05, 4.69) is 57.2 Å². The van der Waals surface area contributed by atoms with Crippen LogP contribution in [-0.4, -0.2) is 68.7 Å². The summed E-state index contributed by atoms with van der Waals surface area (Å²) in [6, 6.07) is 18.9. The van der Waals surface area contributed by atoms with E-state index in [-0.39, 0.29) is 31.2 Å². The molecule has 1 fully saturated rings. The molecule has 7 heteroatoms. The first-order valence-electron chi connectivity index (χ1n) is 12.2. The highest BCUT2D eigenvalue weighted by molar-refractivity contribution is 6.80. The molecule has 1 heterocycles. The summed E-state index contributed by atoms with van der Waals surface area (Å²) in [5.41, 5.74) is -0.431. The highest BCUT2D eigenvalue weighted by Crippen LogP contribution is 2.21. The first-order valence-corrected chi connectivity index (χ1v) is 13.6. The Hall–Kier alpha value is -2.19. The van der Waals surface area contributed by atoms with Gasteiger partial charge in [-0.2, -0.15) is 0 Å². The van der Waals surface area contributed by atoms with Crippen molar-refractivity contribution in [3.05, 3.63) is 60.2 Å². The Morgan fingerprint density at radius 2 is 1.66 bits per heavy atom. The van der Waals surface area contributed by atoms with Crippen molar-refractivity contribution < 1.29 is 23.8 Å². The van der Waals surface area contributed by atoms with Crippen molar-refractivity contribution in [1.82, 2.24) is 4.90 Å². The van der Waals surface area contributed by atoms with Crippen LogP contribution in [0.2, 0.25) is 0 Å². The molecule has 1 radical (unpaired) electrons. The molecule has 0 saturated carbocycles. The molecule has 0 bridgehead atoms. The molecule has 0 aromatic heterocycles. The fourth-order valence-corrected chi connectivity index (χ4v) is 5.89. The number of hydrogen-bond acceptors (Lipinski definition) is 5. The summed E-state index contributed by atoms with van der Waals surface area (Å²) in [7, 11) is -1.54. The third-order valence-electron chi connectivity index (χ3n) is 5.70. The van der Waals surface area contributed by atoms with Gasteiger partial charge in [-0.3, -0.25) is 0 Å². The van der Waals surface area contributed by atoms with Crippen molar-refractivity contribution in [2.45, 2.75) is 71.2 Å². The highest BCUT2D eigenvalue weighted by atomic mass is 28.3. The third kappa shape index (κ3) is 8.17. The van der Waals surface area contributed by atoms with Crippen molar-refractivity contribution in [1.29, 1.82) is 0 Å². The zero-order valence-electron chi connectivity index (χ0n) is 22.1. The van der Waals surface area contributed by atoms with E-state index in [1.807, 2.05) is 39.0 Å². The second-order valence-corrected chi connectivity index (χ2v) is 13.7. The van der Waals surface area contributed by atoms with Gasteiger partial charge in [-0.25, -0.2) is 4.79 Å². The third-order valence-corrected chi connectivity index (χ3v) is 7.87. The lowest BCUT2D eigenvalue weighted by atomic mass is 9.87. The van der Waals surface area contributed by atoms with Gasteiger partial charge in [0.1, 0.15) is 11.2 Å². The molecular weight excluding hydrogens is 458 g/mol. The molecule has 1 N–H and O–H groups in total. The molecule has 1 aliphatic heterocycles. The van der Waals surface area contributed by atoms with E-state index >= 15 is 0 Å². The van der Waals surface area contributed by atoms with Gasteiger partial charge in [-0.15, -0.1) is 0 Å². The zero-order chi connectivity index (χ0) is 25.9. The van der Waals surface area contributed by atoms with Crippen LogP contribution in [0.5, 0.6) is 0 Å². The maximum Gasteiger partial charge on any atom is 0.410 e. The SMILES string of the molecule is CC(C)(C)OC(=O)N1C[C@H](CO[Si](c2ccccc2)c2ccc(C(C)(C)C)cc2)OC[C@@](C)(O)C1. The molecule has 0 spiro atoms. The van der Waals surface area contributed by atoms with Crippen LogP contribution in [0.3, 0.4) is 0 Å². The van der Waals surface area contributed by atoms with Gasteiger partial charge in [0.15, 0.2) is 0 Å². The van der Waals surface area contributed by atoms with Crippen LogP contribution in [-0.2, 0) is 19.3 Å². The summed E-state index contributed by atoms with van der Waals surface area (Å²) >= 11 is 0. The Bertz CT molecular complexity index is 964. The lowest BCUT2D eigenvalue weighted by Gasteiger charge is -2.30. The number of benzene rings is 2. The zero-order valence-corrected chi connectivity index (χ0v) is 23.1. The number of aliphatic hydroxyl groups is 1. The summed E-state index contributed by atoms with van der Waals surface area (Å²) in [4.78, 5) is 14.3. The van der Waals surface area contributed by atoms with E-state index < -0.39 is 26.3 Å². The van der Waals surface area contributed by atoms with Gasteiger partial charge in [0.25, 0.3) is 9.04 Å². The van der Waals surface area contributed by atoms with Crippen LogP contribution in [0.1, 0.15) is 54.0 Å². The van der Waals surface area contributed by atoms with E-state index in [4.69, 9.17) is 13.9 Å². The molecule has 1 aliphatic rings. The smallest absolute Gasteiger partial charge is 0.410 e. The lowest BCUT2D eigenvalue weighted by molar-refractivity contribution is -0.0514. The van der Waals surface area contributed by atoms with Gasteiger partial charge < -0.3 is 23.9 Å². The maximum absolute atomic E-state index is 12.8. The van der Waals surface area contributed by atoms with Gasteiger partial charge in [-0.1, -0.05) is 75.4 Å². The van der Waals surface area contributed by atoms with Gasteiger partial charge in [0.05, 0.1) is 32.4 Å². The number of hydrogen-bond donors (Lipinski definition) is 1. The maximum atomic E-state index is 12.8. The second kappa shape index (κ2) is 10.8. The Labute approximate surface area is 211 Å². The van der Waals surface area contributed by atoms with E-state index in [1.165, 1.54) is 10.5 Å². The summed E-state index contributed by atoms with van der Waals surface area (Å²) in [5, 5.41) is 13.0. The minimum Gasteiger partial charge on any atom is -0.444 e. The molecular formula is C28H40NO5Si. The standard InChI is InChI=1S/C28H40NO5Si/c1-26(2,3)21-13-15-24(16-14-21)35(23-11-9-8-10-12-23)33-18-22-17-29(19-28(7,31)20-32-22)25(30)34-27(4,5)6/h8-16,22,31H,17-20H2,1-7H3/t22-,28+/m1/s1. The Morgan fingerprint density at radius 1 is 1.06 bits per heavy atom. The predicted molar refractivity (Wildman–Crippen MR) is 141 cm³/mol. The predicted octanol–water partition coefficient (Wildman–Crippen LogP) is 3.49. The number of nitrogens with zero attached hydrogens (tertiary/aromatic N) is 1. The largest absolute Gasteiger partial charge is 0.444 e. The summed E-state index contributed by atoms with van der Waals surface area (Å²) in [6.07, 6.45) is -0.839. The van der Waals surface area contributed by atoms with Gasteiger partial charge in [0.2, 0.25) is 0 Å². The number of ether oxygens (including phenoxy) is 2. The first kappa shape index (κ1) is 27.4. The van der Waals surface area contributed by atoms with Gasteiger partial charge >= 0.3 is 6.09 Å². The van der Waals surface area contributed by atoms with Crippen LogP contribution in [0.15, 0.2) is 54.6 Å². The van der Waals surface area contributed by atoms with Crippen LogP contribution < -0.4 is 10.4 Å². The van der Waals surface area contributed by atoms with E-state index in [0.29, 0.717) is 6.61 Å². The Balaban J connectivity index is 1.78. The van der Waals surface area contributed by atoms with E-state index in [9.17, 15) is 9.90 Å². The summed E-state index contributed by atoms with van der Waals surface area (Å²) < 4.78 is 18.1. The summed E-state index contributed by atoms with van der Waals surface area (Å²) in [6.45, 7) is 14.6. The average Bonchev–Trinajstić information content (AvgIpc) is 2.91. The molecule has 2 atom stereocenters. The van der Waals surface area contributed by atoms with E-state index in [1.54, 1.807) is 6.92 Å². The second-order valence-electron chi connectivity index (χ2n) is 11.6.